The van der Waals surface area contributed by atoms with E-state index < -0.39 is 17.4 Å². The van der Waals surface area contributed by atoms with Crippen molar-refractivity contribution in [3.05, 3.63) is 52.0 Å². The predicted octanol–water partition coefficient (Wildman–Crippen LogP) is 3.69. The van der Waals surface area contributed by atoms with Crippen LogP contribution >= 0.6 is 23.2 Å². The summed E-state index contributed by atoms with van der Waals surface area (Å²) in [5.41, 5.74) is -0.488. The molecule has 2 aromatic heterocycles. The number of H-pyrrole nitrogens is 1. The number of fused-ring (bicyclic) bond motifs is 7. The van der Waals surface area contributed by atoms with Crippen LogP contribution in [-0.2, 0) is 10.4 Å². The maximum absolute atomic E-state index is 13.7. The van der Waals surface area contributed by atoms with Gasteiger partial charge in [0, 0.05) is 38.9 Å². The Morgan fingerprint density at radius 3 is 2.50 bits per heavy atom. The summed E-state index contributed by atoms with van der Waals surface area (Å²) >= 11 is 12.3. The minimum absolute atomic E-state index is 0.129. The molecule has 0 saturated carbocycles. The molecule has 1 aliphatic rings. The smallest absolute Gasteiger partial charge is 0.278 e. The van der Waals surface area contributed by atoms with E-state index in [2.05, 4.69) is 10.3 Å². The molecule has 5 rings (SSSR count). The number of hydrogen-bond acceptors (Lipinski definition) is 4. The van der Waals surface area contributed by atoms with Gasteiger partial charge in [-0.25, -0.2) is 0 Å². The highest BCUT2D eigenvalue weighted by Crippen LogP contribution is 2.50. The number of aliphatic hydroxyl groups is 1. The second-order valence-corrected chi connectivity index (χ2v) is 7.91. The Labute approximate surface area is 180 Å². The van der Waals surface area contributed by atoms with Gasteiger partial charge in [-0.2, -0.15) is 0 Å². The van der Waals surface area contributed by atoms with Gasteiger partial charge in [-0.1, -0.05) is 23.2 Å². The van der Waals surface area contributed by atoms with Crippen LogP contribution < -0.4 is 10.1 Å². The highest BCUT2D eigenvalue weighted by molar-refractivity contribution is 6.32. The van der Waals surface area contributed by atoms with E-state index in [0.29, 0.717) is 49.0 Å². The van der Waals surface area contributed by atoms with E-state index in [1.165, 1.54) is 18.7 Å². The molecule has 3 N–H and O–H groups in total. The summed E-state index contributed by atoms with van der Waals surface area (Å²) < 4.78 is 6.93. The van der Waals surface area contributed by atoms with Crippen LogP contribution in [0.2, 0.25) is 10.0 Å². The maximum atomic E-state index is 13.7. The zero-order valence-electron chi connectivity index (χ0n) is 15.8. The number of amides is 1. The fourth-order valence-corrected chi connectivity index (χ4v) is 4.60. The molecular weight excluding hydrogens is 429 g/mol. The molecular formula is C21H15Cl2N3O4. The molecule has 0 fully saturated rings. The molecule has 1 aliphatic heterocycles. The van der Waals surface area contributed by atoms with Gasteiger partial charge in [0.15, 0.2) is 5.75 Å². The third-order valence-electron chi connectivity index (χ3n) is 5.51. The number of benzene rings is 2. The number of halogens is 2. The van der Waals surface area contributed by atoms with Crippen LogP contribution in [0.15, 0.2) is 36.4 Å². The van der Waals surface area contributed by atoms with Crippen molar-refractivity contribution < 1.29 is 19.4 Å². The van der Waals surface area contributed by atoms with Crippen molar-refractivity contribution >= 4 is 56.8 Å². The first-order chi connectivity index (χ1) is 14.3. The maximum Gasteiger partial charge on any atom is 0.278 e. The standard InChI is InChI=1S/C21H15Cl2N3O4/c1-24-19(27)21(29)15-11-7-9(22)3-5-13(11)25-16(15)17-18(30-2)12-8-10(23)4-6-14(12)26(17)20(21)28/h3-8,25,29H,1-2H3,(H,24,27)/t21-/m1/s1. The van der Waals surface area contributed by atoms with Crippen LogP contribution in [0.25, 0.3) is 33.2 Å². The summed E-state index contributed by atoms with van der Waals surface area (Å²) in [4.78, 5) is 29.8. The molecule has 30 heavy (non-hydrogen) atoms. The van der Waals surface area contributed by atoms with Gasteiger partial charge in [-0.05, 0) is 36.4 Å². The SMILES string of the molecule is CNC(=O)[C@@]1(O)C(=O)n2c(c(OC)c3cc(Cl)ccc32)-c2[nH]c3ccc(Cl)cc3c21. The van der Waals surface area contributed by atoms with Gasteiger partial charge in [-0.15, -0.1) is 0 Å². The highest BCUT2D eigenvalue weighted by Gasteiger charge is 2.54. The molecule has 0 unspecified atom stereocenters. The summed E-state index contributed by atoms with van der Waals surface area (Å²) in [7, 11) is 2.85. The third-order valence-corrected chi connectivity index (χ3v) is 5.98. The Morgan fingerprint density at radius 1 is 1.17 bits per heavy atom. The number of nitrogens with zero attached hydrogens (tertiary/aromatic N) is 1. The average molecular weight is 444 g/mol. The van der Waals surface area contributed by atoms with E-state index in [1.807, 2.05) is 0 Å². The molecule has 0 bridgehead atoms. The van der Waals surface area contributed by atoms with Crippen LogP contribution in [0.5, 0.6) is 5.75 Å². The Kier molecular flexibility index (Phi) is 3.96. The first-order valence-corrected chi connectivity index (χ1v) is 9.78. The number of aromatic nitrogens is 2. The molecule has 1 amide bonds. The molecule has 3 heterocycles. The average Bonchev–Trinajstić information content (AvgIpc) is 3.26. The zero-order valence-corrected chi connectivity index (χ0v) is 17.4. The van der Waals surface area contributed by atoms with E-state index in [4.69, 9.17) is 27.9 Å². The number of ether oxygens (including phenoxy) is 1. The molecule has 0 spiro atoms. The van der Waals surface area contributed by atoms with Gasteiger partial charge >= 0.3 is 0 Å². The van der Waals surface area contributed by atoms with Crippen molar-refractivity contribution in [1.29, 1.82) is 0 Å². The number of nitrogens with one attached hydrogen (secondary N) is 2. The van der Waals surface area contributed by atoms with Crippen molar-refractivity contribution in [3.8, 4) is 17.1 Å². The lowest BCUT2D eigenvalue weighted by molar-refractivity contribution is -0.135. The van der Waals surface area contributed by atoms with E-state index in [9.17, 15) is 14.7 Å². The lowest BCUT2D eigenvalue weighted by Gasteiger charge is -2.31. The van der Waals surface area contributed by atoms with Crippen molar-refractivity contribution in [2.45, 2.75) is 5.60 Å². The van der Waals surface area contributed by atoms with Crippen molar-refractivity contribution in [3.63, 3.8) is 0 Å². The van der Waals surface area contributed by atoms with Gasteiger partial charge in [0.2, 0.25) is 0 Å². The highest BCUT2D eigenvalue weighted by atomic mass is 35.5. The van der Waals surface area contributed by atoms with Gasteiger partial charge in [0.05, 0.1) is 18.3 Å². The summed E-state index contributed by atoms with van der Waals surface area (Å²) in [5.74, 6) is -1.27. The first-order valence-electron chi connectivity index (χ1n) is 9.02. The summed E-state index contributed by atoms with van der Waals surface area (Å²) in [6, 6.07) is 9.96. The molecule has 4 aromatic rings. The lowest BCUT2D eigenvalue weighted by Crippen LogP contribution is -2.53. The fourth-order valence-electron chi connectivity index (χ4n) is 4.26. The number of carbonyl (C=O) groups is 2. The molecule has 0 saturated heterocycles. The molecule has 1 atom stereocenters. The van der Waals surface area contributed by atoms with E-state index in [1.54, 1.807) is 36.4 Å². The first kappa shape index (κ1) is 19.0. The van der Waals surface area contributed by atoms with Gasteiger partial charge in [0.1, 0.15) is 5.69 Å². The number of aromatic amines is 1. The van der Waals surface area contributed by atoms with Crippen LogP contribution in [0.3, 0.4) is 0 Å². The Morgan fingerprint density at radius 2 is 1.83 bits per heavy atom. The number of rotatable bonds is 2. The minimum atomic E-state index is -2.48. The Balaban J connectivity index is 2.03. The van der Waals surface area contributed by atoms with Gasteiger partial charge < -0.3 is 20.1 Å². The second-order valence-electron chi connectivity index (χ2n) is 7.04. The van der Waals surface area contributed by atoms with Gasteiger partial charge in [0.25, 0.3) is 17.4 Å². The molecule has 7 nitrogen and oxygen atoms in total. The number of carbonyl (C=O) groups excluding carboxylic acids is 2. The minimum Gasteiger partial charge on any atom is -0.494 e. The normalized spacial score (nSPS) is 17.8. The molecule has 0 aliphatic carbocycles. The van der Waals surface area contributed by atoms with Crippen LogP contribution in [0.4, 0.5) is 0 Å². The molecule has 2 aromatic carbocycles. The Bertz CT molecular complexity index is 1400. The van der Waals surface area contributed by atoms with E-state index >= 15 is 0 Å². The topological polar surface area (TPSA) is 96.4 Å². The van der Waals surface area contributed by atoms with E-state index in [0.717, 1.165) is 0 Å². The number of hydrogen-bond donors (Lipinski definition) is 3. The van der Waals surface area contributed by atoms with Crippen LogP contribution in [0, 0.1) is 0 Å². The summed E-state index contributed by atoms with van der Waals surface area (Å²) in [6.45, 7) is 0. The monoisotopic (exact) mass is 443 g/mol. The molecule has 9 heteroatoms. The molecule has 0 radical (unpaired) electrons. The quantitative estimate of drug-likeness (QED) is 0.411. The predicted molar refractivity (Wildman–Crippen MR) is 114 cm³/mol. The zero-order chi connectivity index (χ0) is 21.4. The second kappa shape index (κ2) is 6.25. The largest absolute Gasteiger partial charge is 0.494 e. The van der Waals surface area contributed by atoms with Crippen molar-refractivity contribution in [2.75, 3.05) is 14.2 Å². The number of likely N-dealkylation sites (N-methyl/N-ethyl adjacent to an activating group) is 1. The molecule has 152 valence electrons. The number of methoxy groups -OCH3 is 1. The van der Waals surface area contributed by atoms with E-state index in [-0.39, 0.29) is 5.56 Å². The third kappa shape index (κ3) is 2.19. The van der Waals surface area contributed by atoms with Crippen LogP contribution in [-0.4, -0.2) is 40.6 Å². The van der Waals surface area contributed by atoms with Gasteiger partial charge in [-0.3, -0.25) is 14.2 Å². The van der Waals surface area contributed by atoms with Crippen LogP contribution in [0.1, 0.15) is 10.4 Å². The van der Waals surface area contributed by atoms with Crippen molar-refractivity contribution in [1.82, 2.24) is 14.9 Å². The summed E-state index contributed by atoms with van der Waals surface area (Å²) in [6.07, 6.45) is 0. The fraction of sp³-hybridized carbons (Fsp3) is 0.143. The Hall–Kier alpha value is -3.00. The summed E-state index contributed by atoms with van der Waals surface area (Å²) in [5, 5.41) is 15.9. The lowest BCUT2D eigenvalue weighted by atomic mass is 9.85. The van der Waals surface area contributed by atoms with Crippen molar-refractivity contribution in [2.24, 2.45) is 0 Å².